The minimum atomic E-state index is -0.435. The molecule has 0 bridgehead atoms. The molecule has 0 radical (unpaired) electrons. The van der Waals surface area contributed by atoms with Gasteiger partial charge < -0.3 is 5.73 Å². The van der Waals surface area contributed by atoms with Crippen LogP contribution in [-0.4, -0.2) is 9.97 Å². The molecule has 1 heterocycles. The fourth-order valence-corrected chi connectivity index (χ4v) is 2.77. The lowest BCUT2D eigenvalue weighted by Crippen LogP contribution is -2.17. The Kier molecular flexibility index (Phi) is 4.02. The van der Waals surface area contributed by atoms with E-state index in [0.717, 1.165) is 5.69 Å². The average Bonchev–Trinajstić information content (AvgIpc) is 2.29. The monoisotopic (exact) mass is 357 g/mol. The minimum absolute atomic E-state index is 0.220. The van der Waals surface area contributed by atoms with Crippen molar-refractivity contribution in [3.63, 3.8) is 0 Å². The molecule has 2 N–H and O–H groups in total. The largest absolute Gasteiger partial charge is 0.383 e. The second kappa shape index (κ2) is 5.30. The summed E-state index contributed by atoms with van der Waals surface area (Å²) in [7, 11) is 0. The number of anilines is 1. The third-order valence-electron chi connectivity index (χ3n) is 2.71. The maximum atomic E-state index is 13.4. The lowest BCUT2D eigenvalue weighted by molar-refractivity contribution is 0.564. The molecule has 0 atom stereocenters. The highest BCUT2D eigenvalue weighted by molar-refractivity contribution is 9.10. The number of nitrogen functional groups attached to an aromatic ring is 1. The molecular formula is C14H14BrClFN3. The summed E-state index contributed by atoms with van der Waals surface area (Å²) in [5.41, 5.74) is 6.95. The van der Waals surface area contributed by atoms with Crippen molar-refractivity contribution in [2.45, 2.75) is 26.2 Å². The Balaban J connectivity index is 2.67. The summed E-state index contributed by atoms with van der Waals surface area (Å²) in [6.07, 6.45) is 0. The van der Waals surface area contributed by atoms with Gasteiger partial charge in [0.2, 0.25) is 0 Å². The summed E-state index contributed by atoms with van der Waals surface area (Å²) in [6, 6.07) is 4.18. The van der Waals surface area contributed by atoms with Gasteiger partial charge in [-0.1, -0.05) is 32.4 Å². The van der Waals surface area contributed by atoms with Crippen LogP contribution >= 0.6 is 27.5 Å². The van der Waals surface area contributed by atoms with E-state index in [2.05, 4.69) is 25.9 Å². The second-order valence-electron chi connectivity index (χ2n) is 5.50. The highest BCUT2D eigenvalue weighted by atomic mass is 79.9. The van der Waals surface area contributed by atoms with Gasteiger partial charge in [-0.3, -0.25) is 0 Å². The molecule has 6 heteroatoms. The number of benzene rings is 1. The highest BCUT2D eigenvalue weighted by Gasteiger charge is 2.23. The summed E-state index contributed by atoms with van der Waals surface area (Å²) in [6.45, 7) is 6.05. The van der Waals surface area contributed by atoms with Crippen LogP contribution in [0.1, 0.15) is 26.5 Å². The lowest BCUT2D eigenvalue weighted by Gasteiger charge is -2.21. The first-order valence-corrected chi connectivity index (χ1v) is 7.15. The van der Waals surface area contributed by atoms with Crippen LogP contribution in [0.25, 0.3) is 11.4 Å². The SMILES string of the molecule is CC(C)(C)c1nc(-c2cc(F)cc(Cl)c2)nc(N)c1Br. The number of rotatable bonds is 1. The molecule has 0 aliphatic rings. The van der Waals surface area contributed by atoms with Crippen molar-refractivity contribution < 1.29 is 4.39 Å². The minimum Gasteiger partial charge on any atom is -0.383 e. The molecule has 0 saturated carbocycles. The standard InChI is InChI=1S/C14H14BrClFN3/c1-14(2,3)11-10(15)12(18)20-13(19-11)7-4-8(16)6-9(17)5-7/h4-6H,1-3H3,(H2,18,19,20). The maximum absolute atomic E-state index is 13.4. The Morgan fingerprint density at radius 2 is 1.85 bits per heavy atom. The topological polar surface area (TPSA) is 51.8 Å². The van der Waals surface area contributed by atoms with Crippen LogP contribution in [0.2, 0.25) is 5.02 Å². The zero-order valence-corrected chi connectivity index (χ0v) is 13.7. The molecule has 0 fully saturated rings. The van der Waals surface area contributed by atoms with Crippen LogP contribution in [0, 0.1) is 5.82 Å². The van der Waals surface area contributed by atoms with E-state index in [1.165, 1.54) is 12.1 Å². The van der Waals surface area contributed by atoms with Crippen molar-refractivity contribution in [3.05, 3.63) is 39.2 Å². The molecule has 0 aliphatic heterocycles. The van der Waals surface area contributed by atoms with Gasteiger partial charge in [-0.2, -0.15) is 0 Å². The van der Waals surface area contributed by atoms with Crippen molar-refractivity contribution in [2.24, 2.45) is 0 Å². The third kappa shape index (κ3) is 3.10. The molecule has 0 aliphatic carbocycles. The molecule has 20 heavy (non-hydrogen) atoms. The first-order valence-electron chi connectivity index (χ1n) is 5.98. The molecule has 2 aromatic rings. The van der Waals surface area contributed by atoms with Gasteiger partial charge in [0, 0.05) is 16.0 Å². The van der Waals surface area contributed by atoms with Gasteiger partial charge >= 0.3 is 0 Å². The summed E-state index contributed by atoms with van der Waals surface area (Å²) in [5.74, 6) is 0.243. The van der Waals surface area contributed by atoms with Gasteiger partial charge in [-0.25, -0.2) is 14.4 Å². The lowest BCUT2D eigenvalue weighted by atomic mass is 9.91. The number of halogens is 3. The predicted molar refractivity (Wildman–Crippen MR) is 83.2 cm³/mol. The number of nitrogens with zero attached hydrogens (tertiary/aromatic N) is 2. The van der Waals surface area contributed by atoms with E-state index in [9.17, 15) is 4.39 Å². The van der Waals surface area contributed by atoms with Gasteiger partial charge in [0.25, 0.3) is 0 Å². The summed E-state index contributed by atoms with van der Waals surface area (Å²) in [4.78, 5) is 8.69. The Bertz CT molecular complexity index is 648. The molecule has 0 spiro atoms. The van der Waals surface area contributed by atoms with Gasteiger partial charge in [-0.05, 0) is 34.1 Å². The first kappa shape index (κ1) is 15.2. The predicted octanol–water partition coefficient (Wildman–Crippen LogP) is 4.58. The molecule has 1 aromatic heterocycles. The fourth-order valence-electron chi connectivity index (χ4n) is 1.77. The summed E-state index contributed by atoms with van der Waals surface area (Å²) >= 11 is 9.27. The molecule has 0 saturated heterocycles. The zero-order chi connectivity index (χ0) is 15.1. The van der Waals surface area contributed by atoms with E-state index in [0.29, 0.717) is 26.7 Å². The van der Waals surface area contributed by atoms with Crippen LogP contribution in [-0.2, 0) is 5.41 Å². The Morgan fingerprint density at radius 3 is 2.40 bits per heavy atom. The number of aromatic nitrogens is 2. The molecular weight excluding hydrogens is 345 g/mol. The maximum Gasteiger partial charge on any atom is 0.162 e. The molecule has 2 rings (SSSR count). The van der Waals surface area contributed by atoms with E-state index < -0.39 is 5.82 Å². The highest BCUT2D eigenvalue weighted by Crippen LogP contribution is 2.33. The van der Waals surface area contributed by atoms with Crippen LogP contribution in [0.15, 0.2) is 22.7 Å². The normalized spacial score (nSPS) is 11.7. The van der Waals surface area contributed by atoms with Gasteiger partial charge in [-0.15, -0.1) is 0 Å². The van der Waals surface area contributed by atoms with Gasteiger partial charge in [0.1, 0.15) is 11.6 Å². The van der Waals surface area contributed by atoms with E-state index in [1.807, 2.05) is 20.8 Å². The zero-order valence-electron chi connectivity index (χ0n) is 11.3. The van der Waals surface area contributed by atoms with Crippen molar-refractivity contribution >= 4 is 33.3 Å². The van der Waals surface area contributed by atoms with Crippen molar-refractivity contribution in [3.8, 4) is 11.4 Å². The first-order chi connectivity index (χ1) is 9.18. The molecule has 0 amide bonds. The Hall–Kier alpha value is -1.20. The molecule has 1 aromatic carbocycles. The Morgan fingerprint density at radius 1 is 1.20 bits per heavy atom. The van der Waals surface area contributed by atoms with Gasteiger partial charge in [0.15, 0.2) is 5.82 Å². The van der Waals surface area contributed by atoms with Crippen molar-refractivity contribution in [2.75, 3.05) is 5.73 Å². The van der Waals surface area contributed by atoms with Gasteiger partial charge in [0.05, 0.1) is 10.2 Å². The van der Waals surface area contributed by atoms with Crippen molar-refractivity contribution in [1.82, 2.24) is 9.97 Å². The van der Waals surface area contributed by atoms with Crippen LogP contribution in [0.3, 0.4) is 0 Å². The fraction of sp³-hybridized carbons (Fsp3) is 0.286. The van der Waals surface area contributed by atoms with Crippen LogP contribution < -0.4 is 5.73 Å². The van der Waals surface area contributed by atoms with Crippen LogP contribution in [0.4, 0.5) is 10.2 Å². The average molecular weight is 359 g/mol. The second-order valence-corrected chi connectivity index (χ2v) is 6.73. The van der Waals surface area contributed by atoms with E-state index in [-0.39, 0.29) is 5.41 Å². The number of hydrogen-bond acceptors (Lipinski definition) is 3. The smallest absolute Gasteiger partial charge is 0.162 e. The summed E-state index contributed by atoms with van der Waals surface area (Å²) in [5, 5.41) is 0.294. The number of nitrogens with two attached hydrogens (primary N) is 1. The van der Waals surface area contributed by atoms with Crippen molar-refractivity contribution in [1.29, 1.82) is 0 Å². The number of hydrogen-bond donors (Lipinski definition) is 1. The molecule has 0 unspecified atom stereocenters. The van der Waals surface area contributed by atoms with E-state index >= 15 is 0 Å². The van der Waals surface area contributed by atoms with E-state index in [4.69, 9.17) is 17.3 Å². The Labute approximate surface area is 130 Å². The molecule has 106 valence electrons. The quantitative estimate of drug-likeness (QED) is 0.812. The van der Waals surface area contributed by atoms with Crippen LogP contribution in [0.5, 0.6) is 0 Å². The third-order valence-corrected chi connectivity index (χ3v) is 3.71. The van der Waals surface area contributed by atoms with E-state index in [1.54, 1.807) is 6.07 Å². The summed E-state index contributed by atoms with van der Waals surface area (Å²) < 4.78 is 14.1. The molecule has 3 nitrogen and oxygen atoms in total.